The van der Waals surface area contributed by atoms with Gasteiger partial charge >= 0.3 is 0 Å². The fourth-order valence-electron chi connectivity index (χ4n) is 1.33. The molecule has 0 aromatic carbocycles. The first kappa shape index (κ1) is 14.2. The van der Waals surface area contributed by atoms with Crippen LogP contribution in [0.1, 0.15) is 5.56 Å². The van der Waals surface area contributed by atoms with Gasteiger partial charge in [-0.25, -0.2) is 8.42 Å². The molecule has 0 fully saturated rings. The molecule has 5 nitrogen and oxygen atoms in total. The molecule has 0 saturated heterocycles. The molecule has 1 rings (SSSR count). The molecule has 6 heteroatoms. The number of hydrogen-bond donors (Lipinski definition) is 1. The first-order valence-electron chi connectivity index (χ1n) is 5.55. The Hall–Kier alpha value is -0.850. The molecule has 0 bridgehead atoms. The molecule has 1 aromatic heterocycles. The van der Waals surface area contributed by atoms with E-state index in [4.69, 9.17) is 4.42 Å². The van der Waals surface area contributed by atoms with Crippen molar-refractivity contribution >= 4 is 9.84 Å². The van der Waals surface area contributed by atoms with Crippen molar-refractivity contribution in [1.82, 2.24) is 10.2 Å². The molecule has 0 aliphatic heterocycles. The van der Waals surface area contributed by atoms with Crippen molar-refractivity contribution in [2.45, 2.75) is 6.54 Å². The standard InChI is InChI=1S/C11H20N2O3S/c1-13(6-8-17(2,14)15)5-4-12-9-11-3-7-16-10-11/h3,7,10,12H,4-6,8-9H2,1-2H3. The third-order valence-electron chi connectivity index (χ3n) is 2.42. The number of furan rings is 1. The van der Waals surface area contributed by atoms with E-state index in [2.05, 4.69) is 5.32 Å². The van der Waals surface area contributed by atoms with Crippen molar-refractivity contribution in [2.75, 3.05) is 38.7 Å². The Morgan fingerprint density at radius 2 is 2.18 bits per heavy atom. The Balaban J connectivity index is 2.06. The molecule has 17 heavy (non-hydrogen) atoms. The lowest BCUT2D eigenvalue weighted by molar-refractivity contribution is 0.349. The third kappa shape index (κ3) is 7.14. The monoisotopic (exact) mass is 260 g/mol. The molecule has 1 heterocycles. The van der Waals surface area contributed by atoms with Crippen LogP contribution in [0.15, 0.2) is 23.0 Å². The predicted molar refractivity (Wildman–Crippen MR) is 67.6 cm³/mol. The van der Waals surface area contributed by atoms with Crippen molar-refractivity contribution < 1.29 is 12.8 Å². The average Bonchev–Trinajstić information content (AvgIpc) is 2.73. The smallest absolute Gasteiger partial charge is 0.148 e. The maximum atomic E-state index is 11.0. The fourth-order valence-corrected chi connectivity index (χ4v) is 1.97. The number of hydrogen-bond acceptors (Lipinski definition) is 5. The highest BCUT2D eigenvalue weighted by Crippen LogP contribution is 1.98. The lowest BCUT2D eigenvalue weighted by Crippen LogP contribution is -2.32. The van der Waals surface area contributed by atoms with Crippen LogP contribution in [0, 0.1) is 0 Å². The van der Waals surface area contributed by atoms with Crippen LogP contribution < -0.4 is 5.32 Å². The minimum atomic E-state index is -2.86. The van der Waals surface area contributed by atoms with E-state index in [-0.39, 0.29) is 5.75 Å². The molecular weight excluding hydrogens is 240 g/mol. The van der Waals surface area contributed by atoms with Crippen LogP contribution in [-0.4, -0.2) is 52.0 Å². The highest BCUT2D eigenvalue weighted by atomic mass is 32.2. The quantitative estimate of drug-likeness (QED) is 0.683. The lowest BCUT2D eigenvalue weighted by atomic mass is 10.3. The van der Waals surface area contributed by atoms with Crippen molar-refractivity contribution in [3.8, 4) is 0 Å². The molecule has 0 spiro atoms. The van der Waals surface area contributed by atoms with Crippen LogP contribution >= 0.6 is 0 Å². The van der Waals surface area contributed by atoms with Gasteiger partial charge in [0.1, 0.15) is 9.84 Å². The molecule has 0 aliphatic rings. The second kappa shape index (κ2) is 6.78. The summed E-state index contributed by atoms with van der Waals surface area (Å²) in [6.07, 6.45) is 4.62. The van der Waals surface area contributed by atoms with Gasteiger partial charge in [-0.2, -0.15) is 0 Å². The summed E-state index contributed by atoms with van der Waals surface area (Å²) in [4.78, 5) is 2.00. The number of likely N-dealkylation sites (N-methyl/N-ethyl adjacent to an activating group) is 1. The van der Waals surface area contributed by atoms with E-state index in [0.29, 0.717) is 6.54 Å². The van der Waals surface area contributed by atoms with Crippen molar-refractivity contribution in [1.29, 1.82) is 0 Å². The molecule has 0 radical (unpaired) electrons. The minimum absolute atomic E-state index is 0.214. The van der Waals surface area contributed by atoms with Gasteiger partial charge in [0.25, 0.3) is 0 Å². The van der Waals surface area contributed by atoms with Crippen LogP contribution in [0.2, 0.25) is 0 Å². The zero-order valence-electron chi connectivity index (χ0n) is 10.3. The zero-order valence-corrected chi connectivity index (χ0v) is 11.2. The second-order valence-electron chi connectivity index (χ2n) is 4.24. The number of nitrogens with zero attached hydrogens (tertiary/aromatic N) is 1. The highest BCUT2D eigenvalue weighted by Gasteiger charge is 2.04. The topological polar surface area (TPSA) is 62.6 Å². The number of nitrogens with one attached hydrogen (secondary N) is 1. The summed E-state index contributed by atoms with van der Waals surface area (Å²) in [5.74, 6) is 0.214. The molecule has 0 amide bonds. The molecule has 98 valence electrons. The zero-order chi connectivity index (χ0) is 12.7. The van der Waals surface area contributed by atoms with Crippen LogP contribution in [0.3, 0.4) is 0 Å². The maximum Gasteiger partial charge on any atom is 0.148 e. The fraction of sp³-hybridized carbons (Fsp3) is 0.636. The maximum absolute atomic E-state index is 11.0. The Kier molecular flexibility index (Phi) is 5.67. The van der Waals surface area contributed by atoms with E-state index in [1.165, 1.54) is 6.26 Å². The minimum Gasteiger partial charge on any atom is -0.472 e. The van der Waals surface area contributed by atoms with Crippen LogP contribution in [0.4, 0.5) is 0 Å². The summed E-state index contributed by atoms with van der Waals surface area (Å²) >= 11 is 0. The summed E-state index contributed by atoms with van der Waals surface area (Å²) in [6, 6.07) is 1.92. The van der Waals surface area contributed by atoms with Gasteiger partial charge in [0, 0.05) is 38.0 Å². The van der Waals surface area contributed by atoms with Crippen LogP contribution in [0.25, 0.3) is 0 Å². The Morgan fingerprint density at radius 3 is 2.76 bits per heavy atom. The Morgan fingerprint density at radius 1 is 1.41 bits per heavy atom. The number of rotatable bonds is 8. The lowest BCUT2D eigenvalue weighted by Gasteiger charge is -2.15. The molecule has 0 unspecified atom stereocenters. The van der Waals surface area contributed by atoms with Gasteiger partial charge in [0.15, 0.2) is 0 Å². The van der Waals surface area contributed by atoms with Crippen LogP contribution in [0.5, 0.6) is 0 Å². The predicted octanol–water partition coefficient (Wildman–Crippen LogP) is 0.346. The molecule has 0 saturated carbocycles. The van der Waals surface area contributed by atoms with Gasteiger partial charge in [0.2, 0.25) is 0 Å². The molecular formula is C11H20N2O3S. The summed E-state index contributed by atoms with van der Waals surface area (Å²) < 4.78 is 26.9. The van der Waals surface area contributed by atoms with E-state index >= 15 is 0 Å². The largest absolute Gasteiger partial charge is 0.472 e. The van der Waals surface area contributed by atoms with E-state index in [1.807, 2.05) is 18.0 Å². The van der Waals surface area contributed by atoms with E-state index < -0.39 is 9.84 Å². The van der Waals surface area contributed by atoms with E-state index in [9.17, 15) is 8.42 Å². The average molecular weight is 260 g/mol. The van der Waals surface area contributed by atoms with E-state index in [0.717, 1.165) is 25.2 Å². The normalized spacial score (nSPS) is 12.2. The van der Waals surface area contributed by atoms with Crippen LogP contribution in [-0.2, 0) is 16.4 Å². The highest BCUT2D eigenvalue weighted by molar-refractivity contribution is 7.90. The molecule has 1 N–H and O–H groups in total. The Labute approximate surface area is 103 Å². The SMILES string of the molecule is CN(CCNCc1ccoc1)CCS(C)(=O)=O. The third-order valence-corrected chi connectivity index (χ3v) is 3.35. The Bertz CT molecular complexity index is 400. The summed E-state index contributed by atoms with van der Waals surface area (Å²) in [5, 5.41) is 3.26. The second-order valence-corrected chi connectivity index (χ2v) is 6.50. The van der Waals surface area contributed by atoms with Crippen molar-refractivity contribution in [3.05, 3.63) is 24.2 Å². The molecule has 1 aromatic rings. The first-order valence-corrected chi connectivity index (χ1v) is 7.61. The summed E-state index contributed by atoms with van der Waals surface area (Å²) in [6.45, 7) is 3.00. The van der Waals surface area contributed by atoms with Gasteiger partial charge in [-0.15, -0.1) is 0 Å². The van der Waals surface area contributed by atoms with E-state index in [1.54, 1.807) is 12.5 Å². The number of sulfone groups is 1. The molecule has 0 atom stereocenters. The van der Waals surface area contributed by atoms with Gasteiger partial charge in [-0.3, -0.25) is 0 Å². The van der Waals surface area contributed by atoms with Gasteiger partial charge < -0.3 is 14.6 Å². The van der Waals surface area contributed by atoms with Gasteiger partial charge in [-0.1, -0.05) is 0 Å². The van der Waals surface area contributed by atoms with Crippen molar-refractivity contribution in [3.63, 3.8) is 0 Å². The van der Waals surface area contributed by atoms with Gasteiger partial charge in [0.05, 0.1) is 18.3 Å². The molecule has 0 aliphatic carbocycles. The summed E-state index contributed by atoms with van der Waals surface area (Å²) in [7, 11) is -0.938. The van der Waals surface area contributed by atoms with Crippen molar-refractivity contribution in [2.24, 2.45) is 0 Å². The summed E-state index contributed by atoms with van der Waals surface area (Å²) in [5.41, 5.74) is 1.11. The first-order chi connectivity index (χ1) is 7.97. The van der Waals surface area contributed by atoms with Gasteiger partial charge in [-0.05, 0) is 13.1 Å².